The summed E-state index contributed by atoms with van der Waals surface area (Å²) in [6, 6.07) is 19.2. The van der Waals surface area contributed by atoms with Crippen LogP contribution in [0, 0.1) is 6.92 Å². The molecule has 0 aliphatic heterocycles. The summed E-state index contributed by atoms with van der Waals surface area (Å²) >= 11 is 6.19. The van der Waals surface area contributed by atoms with Gasteiger partial charge in [-0.15, -0.1) is 0 Å². The van der Waals surface area contributed by atoms with Crippen LogP contribution in [0.25, 0.3) is 0 Å². The zero-order valence-corrected chi connectivity index (χ0v) is 20.8. The van der Waals surface area contributed by atoms with Crippen LogP contribution in [0.5, 0.6) is 11.5 Å². The molecule has 0 aliphatic rings. The Labute approximate surface area is 205 Å². The molecule has 1 amide bonds. The van der Waals surface area contributed by atoms with Gasteiger partial charge in [0.1, 0.15) is 6.61 Å². The van der Waals surface area contributed by atoms with E-state index in [1.165, 1.54) is 4.31 Å². The number of anilines is 1. The highest BCUT2D eigenvalue weighted by Crippen LogP contribution is 2.29. The third kappa shape index (κ3) is 6.42. The van der Waals surface area contributed by atoms with Crippen LogP contribution in [0.15, 0.2) is 66.7 Å². The lowest BCUT2D eigenvalue weighted by Gasteiger charge is -2.24. The van der Waals surface area contributed by atoms with Crippen LogP contribution in [0.1, 0.15) is 21.5 Å². The van der Waals surface area contributed by atoms with Crippen LogP contribution in [0.4, 0.5) is 5.69 Å². The van der Waals surface area contributed by atoms with Crippen molar-refractivity contribution < 1.29 is 22.7 Å². The van der Waals surface area contributed by atoms with Gasteiger partial charge in [0, 0.05) is 10.6 Å². The van der Waals surface area contributed by atoms with Gasteiger partial charge in [-0.3, -0.25) is 9.10 Å². The van der Waals surface area contributed by atoms with Crippen LogP contribution in [-0.4, -0.2) is 40.8 Å². The first-order chi connectivity index (χ1) is 16.2. The largest absolute Gasteiger partial charge is 0.493 e. The number of ether oxygens (including phenoxy) is 2. The van der Waals surface area contributed by atoms with E-state index in [0.29, 0.717) is 39.9 Å². The smallest absolute Gasteiger partial charge is 0.251 e. The van der Waals surface area contributed by atoms with Gasteiger partial charge in [-0.1, -0.05) is 41.9 Å². The first-order valence-corrected chi connectivity index (χ1v) is 12.8. The van der Waals surface area contributed by atoms with Gasteiger partial charge in [0.2, 0.25) is 10.0 Å². The van der Waals surface area contributed by atoms with E-state index >= 15 is 0 Å². The molecule has 0 fully saturated rings. The summed E-state index contributed by atoms with van der Waals surface area (Å²) in [6.45, 7) is 2.50. The summed E-state index contributed by atoms with van der Waals surface area (Å²) in [5.41, 5.74) is 2.40. The molecule has 0 unspecified atom stereocenters. The highest BCUT2D eigenvalue weighted by molar-refractivity contribution is 7.92. The van der Waals surface area contributed by atoms with E-state index in [9.17, 15) is 13.2 Å². The first-order valence-electron chi connectivity index (χ1n) is 10.6. The topological polar surface area (TPSA) is 84.9 Å². The molecule has 0 spiro atoms. The van der Waals surface area contributed by atoms with E-state index < -0.39 is 10.0 Å². The van der Waals surface area contributed by atoms with Gasteiger partial charge in [0.25, 0.3) is 5.91 Å². The molecule has 3 aromatic carbocycles. The fraction of sp³-hybridized carbons (Fsp3) is 0.240. The van der Waals surface area contributed by atoms with Crippen molar-refractivity contribution in [2.75, 3.05) is 30.8 Å². The van der Waals surface area contributed by atoms with Crippen LogP contribution in [0.3, 0.4) is 0 Å². The minimum atomic E-state index is -3.55. The molecule has 7 nitrogen and oxygen atoms in total. The number of para-hydroxylation sites is 2. The quantitative estimate of drug-likeness (QED) is 0.414. The summed E-state index contributed by atoms with van der Waals surface area (Å²) in [4.78, 5) is 12.5. The van der Waals surface area contributed by atoms with Gasteiger partial charge in [0.15, 0.2) is 11.5 Å². The molecular weight excluding hydrogens is 476 g/mol. The lowest BCUT2D eigenvalue weighted by atomic mass is 10.1. The predicted octanol–water partition coefficient (Wildman–Crippen LogP) is 4.43. The lowest BCUT2D eigenvalue weighted by Crippen LogP contribution is -2.30. The molecule has 9 heteroatoms. The van der Waals surface area contributed by atoms with E-state index in [4.69, 9.17) is 21.1 Å². The van der Waals surface area contributed by atoms with Crippen molar-refractivity contribution in [3.05, 3.63) is 88.4 Å². The van der Waals surface area contributed by atoms with Crippen LogP contribution in [-0.2, 0) is 16.6 Å². The molecule has 0 saturated heterocycles. The average Bonchev–Trinajstić information content (AvgIpc) is 2.82. The van der Waals surface area contributed by atoms with Gasteiger partial charge < -0.3 is 14.8 Å². The van der Waals surface area contributed by atoms with Gasteiger partial charge in [-0.2, -0.15) is 0 Å². The van der Waals surface area contributed by atoms with Gasteiger partial charge in [-0.05, 0) is 54.4 Å². The second-order valence-corrected chi connectivity index (χ2v) is 9.92. The fourth-order valence-electron chi connectivity index (χ4n) is 3.34. The number of carbonyl (C=O) groups excluding carboxylic acids is 1. The second-order valence-electron chi connectivity index (χ2n) is 7.61. The van der Waals surface area contributed by atoms with Gasteiger partial charge >= 0.3 is 0 Å². The van der Waals surface area contributed by atoms with Gasteiger partial charge in [-0.25, -0.2) is 8.42 Å². The Balaban J connectivity index is 1.61. The molecule has 0 heterocycles. The molecule has 34 heavy (non-hydrogen) atoms. The first kappa shape index (κ1) is 25.4. The molecule has 0 atom stereocenters. The normalized spacial score (nSPS) is 11.1. The number of amides is 1. The Morgan fingerprint density at radius 3 is 2.32 bits per heavy atom. The number of sulfonamides is 1. The summed E-state index contributed by atoms with van der Waals surface area (Å²) in [7, 11) is -1.98. The molecule has 3 aromatic rings. The zero-order valence-electron chi connectivity index (χ0n) is 19.2. The maximum absolute atomic E-state index is 12.5. The van der Waals surface area contributed by atoms with Crippen LogP contribution in [0.2, 0.25) is 5.02 Å². The van der Waals surface area contributed by atoms with E-state index in [0.717, 1.165) is 11.8 Å². The molecule has 180 valence electrons. The maximum Gasteiger partial charge on any atom is 0.251 e. The van der Waals surface area contributed by atoms with E-state index in [1.807, 2.05) is 12.1 Å². The number of carbonyl (C=O) groups is 1. The summed E-state index contributed by atoms with van der Waals surface area (Å²) in [6.07, 6.45) is 1.16. The van der Waals surface area contributed by atoms with E-state index in [1.54, 1.807) is 68.6 Å². The molecular formula is C25H27ClN2O5S. The Morgan fingerprint density at radius 1 is 1.00 bits per heavy atom. The van der Waals surface area contributed by atoms with Crippen molar-refractivity contribution in [2.45, 2.75) is 13.5 Å². The second kappa shape index (κ2) is 11.3. The minimum absolute atomic E-state index is 0.120. The molecule has 3 rings (SSSR count). The van der Waals surface area contributed by atoms with Crippen molar-refractivity contribution in [1.29, 1.82) is 0 Å². The number of nitrogens with one attached hydrogen (secondary N) is 1. The summed E-state index contributed by atoms with van der Waals surface area (Å²) < 4.78 is 37.1. The minimum Gasteiger partial charge on any atom is -0.493 e. The third-order valence-corrected chi connectivity index (χ3v) is 6.70. The molecule has 0 aliphatic carbocycles. The Kier molecular flexibility index (Phi) is 8.41. The van der Waals surface area contributed by atoms with Crippen molar-refractivity contribution in [1.82, 2.24) is 5.32 Å². The summed E-state index contributed by atoms with van der Waals surface area (Å²) in [5.74, 6) is 0.982. The molecule has 1 N–H and O–H groups in total. The Hall–Kier alpha value is -3.23. The highest BCUT2D eigenvalue weighted by Gasteiger charge is 2.20. The van der Waals surface area contributed by atoms with Crippen LogP contribution < -0.4 is 19.1 Å². The fourth-order valence-corrected chi connectivity index (χ4v) is 4.45. The maximum atomic E-state index is 12.5. The SMILES string of the molecule is COc1ccccc1OCCNC(=O)c1ccc(CN(c2cccc(Cl)c2C)S(C)(=O)=O)cc1. The highest BCUT2D eigenvalue weighted by atomic mass is 35.5. The number of nitrogens with zero attached hydrogens (tertiary/aromatic N) is 1. The number of halogens is 1. The number of methoxy groups -OCH3 is 1. The number of hydrogen-bond donors (Lipinski definition) is 1. The number of rotatable bonds is 10. The zero-order chi connectivity index (χ0) is 24.7. The molecule has 0 aromatic heterocycles. The monoisotopic (exact) mass is 502 g/mol. The van der Waals surface area contributed by atoms with Crippen molar-refractivity contribution in [2.24, 2.45) is 0 Å². The summed E-state index contributed by atoms with van der Waals surface area (Å²) in [5, 5.41) is 3.30. The average molecular weight is 503 g/mol. The van der Waals surface area contributed by atoms with Crippen LogP contribution >= 0.6 is 11.6 Å². The molecule has 0 bridgehead atoms. The standard InChI is InChI=1S/C25H27ClN2O5S/c1-18-21(26)7-6-8-22(18)28(34(3,30)31)17-19-11-13-20(14-12-19)25(29)27-15-16-33-24-10-5-4-9-23(24)32-2/h4-14H,15-17H2,1-3H3,(H,27,29). The number of benzene rings is 3. The van der Waals surface area contributed by atoms with Crippen molar-refractivity contribution in [3.8, 4) is 11.5 Å². The van der Waals surface area contributed by atoms with Gasteiger partial charge in [0.05, 0.1) is 32.1 Å². The predicted molar refractivity (Wildman–Crippen MR) is 134 cm³/mol. The van der Waals surface area contributed by atoms with E-state index in [2.05, 4.69) is 5.32 Å². The molecule has 0 saturated carbocycles. The third-order valence-electron chi connectivity index (χ3n) is 5.16. The van der Waals surface area contributed by atoms with E-state index in [-0.39, 0.29) is 19.1 Å². The molecule has 0 radical (unpaired) electrons. The number of hydrogen-bond acceptors (Lipinski definition) is 5. The van der Waals surface area contributed by atoms with Crippen molar-refractivity contribution in [3.63, 3.8) is 0 Å². The lowest BCUT2D eigenvalue weighted by molar-refractivity contribution is 0.0947. The Bertz CT molecular complexity index is 1250. The van der Waals surface area contributed by atoms with Crippen molar-refractivity contribution >= 4 is 33.2 Å². The Morgan fingerprint density at radius 2 is 1.68 bits per heavy atom.